The van der Waals surface area contributed by atoms with Gasteiger partial charge in [-0.15, -0.1) is 11.3 Å². The molecule has 3 aromatic rings. The van der Waals surface area contributed by atoms with Crippen LogP contribution in [0.4, 0.5) is 5.82 Å². The fourth-order valence-electron chi connectivity index (χ4n) is 1.76. The van der Waals surface area contributed by atoms with E-state index in [4.69, 9.17) is 5.84 Å². The number of rotatable bonds is 2. The molecule has 1 aromatic carbocycles. The lowest BCUT2D eigenvalue weighted by Crippen LogP contribution is -2.10. The Morgan fingerprint density at radius 2 is 2.06 bits per heavy atom. The second-order valence-corrected chi connectivity index (χ2v) is 5.04. The van der Waals surface area contributed by atoms with Crippen molar-refractivity contribution < 1.29 is 0 Å². The summed E-state index contributed by atoms with van der Waals surface area (Å²) in [6.07, 6.45) is 1.78. The van der Waals surface area contributed by atoms with Crippen molar-refractivity contribution in [2.75, 3.05) is 5.43 Å². The molecule has 0 aliphatic carbocycles. The van der Waals surface area contributed by atoms with Gasteiger partial charge in [-0.2, -0.15) is 0 Å². The maximum Gasteiger partial charge on any atom is 0.173 e. The van der Waals surface area contributed by atoms with Crippen LogP contribution in [0.2, 0.25) is 0 Å². The van der Waals surface area contributed by atoms with Gasteiger partial charge in [0.2, 0.25) is 0 Å². The normalized spacial score (nSPS) is 10.8. The van der Waals surface area contributed by atoms with Gasteiger partial charge in [0.15, 0.2) is 11.6 Å². The van der Waals surface area contributed by atoms with Gasteiger partial charge < -0.3 is 5.43 Å². The quantitative estimate of drug-likeness (QED) is 0.544. The summed E-state index contributed by atoms with van der Waals surface area (Å²) >= 11 is 1.56. The van der Waals surface area contributed by atoms with E-state index in [1.54, 1.807) is 17.5 Å². The summed E-state index contributed by atoms with van der Waals surface area (Å²) in [5.41, 5.74) is 3.48. The van der Waals surface area contributed by atoms with E-state index in [1.807, 2.05) is 31.2 Å². The molecule has 0 atom stereocenters. The maximum absolute atomic E-state index is 5.52. The van der Waals surface area contributed by atoms with E-state index in [-0.39, 0.29) is 0 Å². The molecule has 90 valence electrons. The van der Waals surface area contributed by atoms with Crippen LogP contribution in [0.1, 0.15) is 5.01 Å². The summed E-state index contributed by atoms with van der Waals surface area (Å²) < 4.78 is 0. The average molecular weight is 257 g/mol. The highest BCUT2D eigenvalue weighted by molar-refractivity contribution is 7.14. The number of hydrogen-bond donors (Lipinski definition) is 2. The zero-order valence-electron chi connectivity index (χ0n) is 9.71. The van der Waals surface area contributed by atoms with E-state index in [1.165, 1.54) is 0 Å². The number of nitrogen functional groups attached to an aromatic ring is 1. The molecule has 0 radical (unpaired) electrons. The van der Waals surface area contributed by atoms with E-state index in [0.717, 1.165) is 20.8 Å². The van der Waals surface area contributed by atoms with Gasteiger partial charge in [0, 0.05) is 11.6 Å². The molecule has 6 heteroatoms. The Bertz CT molecular complexity index is 707. The van der Waals surface area contributed by atoms with Crippen LogP contribution in [0.25, 0.3) is 21.6 Å². The van der Waals surface area contributed by atoms with Gasteiger partial charge in [0.25, 0.3) is 0 Å². The number of nitrogens with one attached hydrogen (secondary N) is 1. The van der Waals surface area contributed by atoms with Crippen molar-refractivity contribution >= 4 is 28.1 Å². The lowest BCUT2D eigenvalue weighted by molar-refractivity contribution is 1.19. The third kappa shape index (κ3) is 1.81. The summed E-state index contributed by atoms with van der Waals surface area (Å²) in [5.74, 6) is 6.79. The average Bonchev–Trinajstić information content (AvgIpc) is 2.84. The first kappa shape index (κ1) is 11.1. The standard InChI is InChI=1S/C12H11N5S/c1-7-14-6-10(18-7)12-15-9-5-3-2-4-8(9)11(16-12)17-13/h2-6H,13H2,1H3,(H,15,16,17). The number of hydrogen-bond acceptors (Lipinski definition) is 6. The summed E-state index contributed by atoms with van der Waals surface area (Å²) in [4.78, 5) is 14.1. The number of aryl methyl sites for hydroxylation is 1. The molecule has 0 aliphatic rings. The number of nitrogens with zero attached hydrogens (tertiary/aromatic N) is 3. The van der Waals surface area contributed by atoms with Crippen molar-refractivity contribution in [3.05, 3.63) is 35.5 Å². The van der Waals surface area contributed by atoms with Crippen molar-refractivity contribution in [1.82, 2.24) is 15.0 Å². The van der Waals surface area contributed by atoms with Crippen molar-refractivity contribution in [2.24, 2.45) is 5.84 Å². The Balaban J connectivity index is 2.25. The van der Waals surface area contributed by atoms with E-state index < -0.39 is 0 Å². The van der Waals surface area contributed by atoms with Crippen LogP contribution in [0.5, 0.6) is 0 Å². The van der Waals surface area contributed by atoms with Gasteiger partial charge in [0.05, 0.1) is 15.4 Å². The molecule has 0 fully saturated rings. The first-order valence-corrected chi connectivity index (χ1v) is 6.26. The zero-order chi connectivity index (χ0) is 12.5. The minimum Gasteiger partial charge on any atom is -0.308 e. The highest BCUT2D eigenvalue weighted by atomic mass is 32.1. The Hall–Kier alpha value is -2.05. The van der Waals surface area contributed by atoms with Crippen molar-refractivity contribution in [2.45, 2.75) is 6.92 Å². The molecule has 0 bridgehead atoms. The van der Waals surface area contributed by atoms with E-state index >= 15 is 0 Å². The minimum atomic E-state index is 0.627. The van der Waals surface area contributed by atoms with Gasteiger partial charge >= 0.3 is 0 Å². The summed E-state index contributed by atoms with van der Waals surface area (Å²) in [6, 6.07) is 7.75. The number of hydrazine groups is 1. The fraction of sp³-hybridized carbons (Fsp3) is 0.0833. The van der Waals surface area contributed by atoms with Crippen molar-refractivity contribution in [1.29, 1.82) is 0 Å². The lowest BCUT2D eigenvalue weighted by Gasteiger charge is -2.06. The monoisotopic (exact) mass is 257 g/mol. The number of aromatic nitrogens is 3. The third-order valence-corrected chi connectivity index (χ3v) is 3.49. The molecular weight excluding hydrogens is 246 g/mol. The SMILES string of the molecule is Cc1ncc(-c2nc(NN)c3ccccc3n2)s1. The molecule has 0 amide bonds. The van der Waals surface area contributed by atoms with E-state index in [9.17, 15) is 0 Å². The van der Waals surface area contributed by atoms with Crippen LogP contribution in [-0.2, 0) is 0 Å². The molecule has 18 heavy (non-hydrogen) atoms. The second-order valence-electron chi connectivity index (χ2n) is 3.80. The Morgan fingerprint density at radius 1 is 1.22 bits per heavy atom. The highest BCUT2D eigenvalue weighted by Crippen LogP contribution is 2.27. The Morgan fingerprint density at radius 3 is 2.78 bits per heavy atom. The van der Waals surface area contributed by atoms with Crippen LogP contribution in [0.15, 0.2) is 30.5 Å². The van der Waals surface area contributed by atoms with Gasteiger partial charge in [-0.05, 0) is 19.1 Å². The molecule has 2 aromatic heterocycles. The van der Waals surface area contributed by atoms with Crippen LogP contribution in [0, 0.1) is 6.92 Å². The first-order chi connectivity index (χ1) is 8.78. The largest absolute Gasteiger partial charge is 0.308 e. The molecule has 2 heterocycles. The molecule has 0 aliphatic heterocycles. The molecule has 0 spiro atoms. The van der Waals surface area contributed by atoms with E-state index in [2.05, 4.69) is 20.4 Å². The van der Waals surface area contributed by atoms with Gasteiger partial charge in [-0.25, -0.2) is 20.8 Å². The predicted molar refractivity (Wildman–Crippen MR) is 73.2 cm³/mol. The van der Waals surface area contributed by atoms with Gasteiger partial charge in [-0.1, -0.05) is 12.1 Å². The Kier molecular flexibility index (Phi) is 2.66. The third-order valence-electron chi connectivity index (χ3n) is 2.58. The summed E-state index contributed by atoms with van der Waals surface area (Å²) in [7, 11) is 0. The summed E-state index contributed by atoms with van der Waals surface area (Å²) in [5, 5.41) is 1.90. The number of nitrogens with two attached hydrogens (primary N) is 1. The molecule has 0 saturated heterocycles. The van der Waals surface area contributed by atoms with Gasteiger partial charge in [0.1, 0.15) is 0 Å². The van der Waals surface area contributed by atoms with Crippen LogP contribution in [-0.4, -0.2) is 15.0 Å². The zero-order valence-corrected chi connectivity index (χ0v) is 10.5. The maximum atomic E-state index is 5.52. The predicted octanol–water partition coefficient (Wildman–Crippen LogP) is 2.35. The number of fused-ring (bicyclic) bond motifs is 1. The van der Waals surface area contributed by atoms with E-state index in [0.29, 0.717) is 11.6 Å². The first-order valence-electron chi connectivity index (χ1n) is 5.44. The van der Waals surface area contributed by atoms with Gasteiger partial charge in [-0.3, -0.25) is 0 Å². The lowest BCUT2D eigenvalue weighted by atomic mass is 10.2. The van der Waals surface area contributed by atoms with Crippen LogP contribution < -0.4 is 11.3 Å². The van der Waals surface area contributed by atoms with Crippen LogP contribution in [0.3, 0.4) is 0 Å². The number of anilines is 1. The fourth-order valence-corrected chi connectivity index (χ4v) is 2.47. The second kappa shape index (κ2) is 4.32. The molecule has 3 N–H and O–H groups in total. The number of para-hydroxylation sites is 1. The molecule has 5 nitrogen and oxygen atoms in total. The van der Waals surface area contributed by atoms with Crippen molar-refractivity contribution in [3.8, 4) is 10.7 Å². The molecule has 3 rings (SSSR count). The minimum absolute atomic E-state index is 0.627. The highest BCUT2D eigenvalue weighted by Gasteiger charge is 2.10. The molecule has 0 unspecified atom stereocenters. The van der Waals surface area contributed by atoms with Crippen molar-refractivity contribution in [3.63, 3.8) is 0 Å². The van der Waals surface area contributed by atoms with Crippen LogP contribution >= 0.6 is 11.3 Å². The summed E-state index contributed by atoms with van der Waals surface area (Å²) in [6.45, 7) is 1.96. The number of benzene rings is 1. The molecule has 0 saturated carbocycles. The molecular formula is C12H11N5S. The number of thiazole rings is 1. The smallest absolute Gasteiger partial charge is 0.173 e. The topological polar surface area (TPSA) is 76.7 Å². The Labute approximate surface area is 108 Å².